The van der Waals surface area contributed by atoms with Crippen LogP contribution in [0.4, 0.5) is 0 Å². The lowest BCUT2D eigenvalue weighted by atomic mass is 10.1. The van der Waals surface area contributed by atoms with Crippen molar-refractivity contribution in [3.8, 4) is 23.7 Å². The highest BCUT2D eigenvalue weighted by Gasteiger charge is 2.04. The minimum absolute atomic E-state index is 0.619. The van der Waals surface area contributed by atoms with Crippen LogP contribution in [0, 0.1) is 23.7 Å². The fourth-order valence-electron chi connectivity index (χ4n) is 0.470. The van der Waals surface area contributed by atoms with Crippen LogP contribution in [0.2, 0.25) is 0 Å². The largest absolute Gasteiger partial charge is 0.381 e. The number of hydrogen-bond acceptors (Lipinski definition) is 2. The van der Waals surface area contributed by atoms with Crippen molar-refractivity contribution >= 4 is 0 Å². The van der Waals surface area contributed by atoms with E-state index in [1.165, 1.54) is 12.2 Å². The van der Waals surface area contributed by atoms with Gasteiger partial charge in [0.1, 0.15) is 11.7 Å². The first kappa shape index (κ1) is 11.8. The number of rotatable bonds is 0. The van der Waals surface area contributed by atoms with Gasteiger partial charge in [0.15, 0.2) is 0 Å². The summed E-state index contributed by atoms with van der Waals surface area (Å²) >= 11 is 0. The molecule has 0 aromatic rings. The van der Waals surface area contributed by atoms with Crippen molar-refractivity contribution in [2.24, 2.45) is 0 Å². The van der Waals surface area contributed by atoms with Gasteiger partial charge in [0.05, 0.1) is 0 Å². The van der Waals surface area contributed by atoms with E-state index < -0.39 is 11.7 Å². The van der Waals surface area contributed by atoms with Crippen molar-refractivity contribution in [2.75, 3.05) is 0 Å². The average molecular weight is 178 g/mol. The molecule has 0 heterocycles. The highest BCUT2D eigenvalue weighted by molar-refractivity contribution is 5.27. The van der Waals surface area contributed by atoms with E-state index in [9.17, 15) is 5.11 Å². The minimum atomic E-state index is -0.970. The van der Waals surface area contributed by atoms with E-state index in [-0.39, 0.29) is 0 Å². The summed E-state index contributed by atoms with van der Waals surface area (Å²) in [4.78, 5) is 0. The SMILES string of the molecule is C[C@H](O)C#C/C=C\C#CC(C)(C)O. The van der Waals surface area contributed by atoms with E-state index in [0.717, 1.165) is 0 Å². The Morgan fingerprint density at radius 3 is 2.23 bits per heavy atom. The second-order valence-corrected chi connectivity index (χ2v) is 3.13. The first-order valence-electron chi connectivity index (χ1n) is 4.01. The molecule has 0 aliphatic heterocycles. The zero-order chi connectivity index (χ0) is 10.3. The molecule has 2 nitrogen and oxygen atoms in total. The van der Waals surface area contributed by atoms with Crippen molar-refractivity contribution in [1.82, 2.24) is 0 Å². The van der Waals surface area contributed by atoms with Crippen LogP contribution in [0.25, 0.3) is 0 Å². The Labute approximate surface area is 79.3 Å². The Kier molecular flexibility index (Phi) is 4.92. The Hall–Kier alpha value is -1.22. The second-order valence-electron chi connectivity index (χ2n) is 3.13. The molecule has 70 valence electrons. The normalized spacial score (nSPS) is 12.7. The summed E-state index contributed by atoms with van der Waals surface area (Å²) in [5.74, 6) is 10.4. The molecular formula is C11H14O2. The number of aliphatic hydroxyl groups is 2. The quantitative estimate of drug-likeness (QED) is 0.536. The van der Waals surface area contributed by atoms with Crippen molar-refractivity contribution in [3.63, 3.8) is 0 Å². The molecule has 0 radical (unpaired) electrons. The van der Waals surface area contributed by atoms with Crippen molar-refractivity contribution in [1.29, 1.82) is 0 Å². The predicted octanol–water partition coefficient (Wildman–Crippen LogP) is 0.701. The molecule has 0 fully saturated rings. The topological polar surface area (TPSA) is 40.5 Å². The zero-order valence-electron chi connectivity index (χ0n) is 8.13. The molecular weight excluding hydrogens is 164 g/mol. The summed E-state index contributed by atoms with van der Waals surface area (Å²) in [5.41, 5.74) is -0.970. The number of allylic oxidation sites excluding steroid dienone is 2. The number of aliphatic hydroxyl groups excluding tert-OH is 1. The molecule has 0 rings (SSSR count). The van der Waals surface area contributed by atoms with E-state index in [1.807, 2.05) is 0 Å². The summed E-state index contributed by atoms with van der Waals surface area (Å²) in [5, 5.41) is 17.9. The molecule has 0 unspecified atom stereocenters. The predicted molar refractivity (Wildman–Crippen MR) is 52.7 cm³/mol. The van der Waals surface area contributed by atoms with Crippen molar-refractivity contribution in [2.45, 2.75) is 32.5 Å². The standard InChI is InChI=1S/C11H14O2/c1-10(12)8-6-4-5-7-9-11(2,3)13/h4-5,10,12-13H,1-3H3/b5-4-/t10-/m0/s1. The maximum Gasteiger partial charge on any atom is 0.120 e. The van der Waals surface area contributed by atoms with Crippen molar-refractivity contribution in [3.05, 3.63) is 12.2 Å². The first-order valence-corrected chi connectivity index (χ1v) is 4.01. The van der Waals surface area contributed by atoms with E-state index in [4.69, 9.17) is 5.11 Å². The third kappa shape index (κ3) is 10.8. The molecule has 0 aromatic carbocycles. The summed E-state index contributed by atoms with van der Waals surface area (Å²) in [6.07, 6.45) is 2.45. The third-order valence-electron chi connectivity index (χ3n) is 0.920. The smallest absolute Gasteiger partial charge is 0.120 e. The lowest BCUT2D eigenvalue weighted by Crippen LogP contribution is -2.14. The molecule has 0 saturated carbocycles. The highest BCUT2D eigenvalue weighted by atomic mass is 16.3. The molecule has 1 atom stereocenters. The lowest BCUT2D eigenvalue weighted by Gasteiger charge is -2.04. The van der Waals surface area contributed by atoms with E-state index in [2.05, 4.69) is 23.7 Å². The Bertz CT molecular complexity index is 284. The van der Waals surface area contributed by atoms with Gasteiger partial charge < -0.3 is 10.2 Å². The maximum absolute atomic E-state index is 9.18. The molecule has 2 N–H and O–H groups in total. The van der Waals surface area contributed by atoms with Gasteiger partial charge in [-0.15, -0.1) is 0 Å². The van der Waals surface area contributed by atoms with Gasteiger partial charge in [0, 0.05) is 0 Å². The van der Waals surface area contributed by atoms with Gasteiger partial charge in [0.25, 0.3) is 0 Å². The molecule has 0 spiro atoms. The van der Waals surface area contributed by atoms with Gasteiger partial charge in [0.2, 0.25) is 0 Å². The van der Waals surface area contributed by atoms with Gasteiger partial charge in [-0.1, -0.05) is 23.7 Å². The third-order valence-corrected chi connectivity index (χ3v) is 0.920. The van der Waals surface area contributed by atoms with E-state index in [0.29, 0.717) is 0 Å². The Balaban J connectivity index is 4.03. The monoisotopic (exact) mass is 178 g/mol. The van der Waals surface area contributed by atoms with Gasteiger partial charge in [-0.2, -0.15) is 0 Å². The Morgan fingerprint density at radius 1 is 1.23 bits per heavy atom. The van der Waals surface area contributed by atoms with Gasteiger partial charge in [-0.25, -0.2) is 0 Å². The summed E-state index contributed by atoms with van der Waals surface area (Å²) in [7, 11) is 0. The van der Waals surface area contributed by atoms with Crippen LogP contribution >= 0.6 is 0 Å². The van der Waals surface area contributed by atoms with Crippen LogP contribution in [-0.2, 0) is 0 Å². The van der Waals surface area contributed by atoms with Gasteiger partial charge in [-0.3, -0.25) is 0 Å². The minimum Gasteiger partial charge on any atom is -0.381 e. The summed E-state index contributed by atoms with van der Waals surface area (Å²) in [6, 6.07) is 0. The van der Waals surface area contributed by atoms with Crippen LogP contribution < -0.4 is 0 Å². The molecule has 0 amide bonds. The maximum atomic E-state index is 9.18. The summed E-state index contributed by atoms with van der Waals surface area (Å²) in [6.45, 7) is 4.80. The summed E-state index contributed by atoms with van der Waals surface area (Å²) < 4.78 is 0. The van der Waals surface area contributed by atoms with Crippen LogP contribution in [0.1, 0.15) is 20.8 Å². The van der Waals surface area contributed by atoms with Crippen LogP contribution in [0.5, 0.6) is 0 Å². The zero-order valence-corrected chi connectivity index (χ0v) is 8.13. The first-order chi connectivity index (χ1) is 5.92. The Morgan fingerprint density at radius 2 is 1.77 bits per heavy atom. The second kappa shape index (κ2) is 5.43. The molecule has 2 heteroatoms. The molecule has 0 saturated heterocycles. The molecule has 0 bridgehead atoms. The van der Waals surface area contributed by atoms with E-state index in [1.54, 1.807) is 20.8 Å². The van der Waals surface area contributed by atoms with Crippen LogP contribution in [0.15, 0.2) is 12.2 Å². The van der Waals surface area contributed by atoms with E-state index >= 15 is 0 Å². The molecule has 13 heavy (non-hydrogen) atoms. The molecule has 0 aliphatic rings. The fourth-order valence-corrected chi connectivity index (χ4v) is 0.470. The lowest BCUT2D eigenvalue weighted by molar-refractivity contribution is 0.143. The molecule has 0 aliphatic carbocycles. The van der Waals surface area contributed by atoms with Crippen molar-refractivity contribution < 1.29 is 10.2 Å². The number of hydrogen-bond donors (Lipinski definition) is 2. The fraction of sp³-hybridized carbons (Fsp3) is 0.455. The highest BCUT2D eigenvalue weighted by Crippen LogP contribution is 1.95. The van der Waals surface area contributed by atoms with Gasteiger partial charge in [-0.05, 0) is 32.9 Å². The average Bonchev–Trinajstić information content (AvgIpc) is 1.93. The van der Waals surface area contributed by atoms with Gasteiger partial charge >= 0.3 is 0 Å². The van der Waals surface area contributed by atoms with Crippen LogP contribution in [0.3, 0.4) is 0 Å². The van der Waals surface area contributed by atoms with Crippen LogP contribution in [-0.4, -0.2) is 21.9 Å². The molecule has 0 aromatic heterocycles.